The van der Waals surface area contributed by atoms with Crippen LogP contribution in [0.3, 0.4) is 0 Å². The van der Waals surface area contributed by atoms with Crippen LogP contribution in [0.4, 0.5) is 14.5 Å². The molecule has 0 radical (unpaired) electrons. The van der Waals surface area contributed by atoms with E-state index in [1.165, 1.54) is 0 Å². The first kappa shape index (κ1) is 12.3. The second-order valence-electron chi connectivity index (χ2n) is 3.70. The molecule has 0 aliphatic heterocycles. The van der Waals surface area contributed by atoms with Crippen molar-refractivity contribution in [1.29, 1.82) is 0 Å². The molecule has 2 rings (SSSR count). The zero-order valence-corrected chi connectivity index (χ0v) is 9.36. The second kappa shape index (κ2) is 5.01. The molecule has 2 aromatic carbocycles. The van der Waals surface area contributed by atoms with Crippen molar-refractivity contribution < 1.29 is 18.6 Å². The number of nitrogens with two attached hydrogens (primary N) is 1. The zero-order valence-electron chi connectivity index (χ0n) is 9.36. The number of hydrogen-bond acceptors (Lipinski definition) is 3. The molecule has 0 saturated carbocycles. The largest absolute Gasteiger partial charge is 0.455 e. The van der Waals surface area contributed by atoms with Gasteiger partial charge in [-0.2, -0.15) is 0 Å². The maximum atomic E-state index is 13.2. The van der Waals surface area contributed by atoms with Gasteiger partial charge in [0.05, 0.1) is 6.61 Å². The summed E-state index contributed by atoms with van der Waals surface area (Å²) in [7, 11) is 0. The monoisotopic (exact) mass is 251 g/mol. The number of rotatable bonds is 3. The van der Waals surface area contributed by atoms with Crippen LogP contribution in [-0.4, -0.2) is 5.11 Å². The minimum atomic E-state index is -0.864. The Labute approximate surface area is 102 Å². The fourth-order valence-corrected chi connectivity index (χ4v) is 1.44. The van der Waals surface area contributed by atoms with E-state index < -0.39 is 11.6 Å². The van der Waals surface area contributed by atoms with E-state index in [1.807, 2.05) is 0 Å². The van der Waals surface area contributed by atoms with E-state index in [-0.39, 0.29) is 18.0 Å². The van der Waals surface area contributed by atoms with Crippen molar-refractivity contribution in [2.24, 2.45) is 0 Å². The van der Waals surface area contributed by atoms with Gasteiger partial charge in [-0.05, 0) is 17.7 Å². The highest BCUT2D eigenvalue weighted by Gasteiger charge is 2.10. The summed E-state index contributed by atoms with van der Waals surface area (Å²) in [5.41, 5.74) is 5.91. The second-order valence-corrected chi connectivity index (χ2v) is 3.70. The summed E-state index contributed by atoms with van der Waals surface area (Å²) in [6, 6.07) is 8.14. The van der Waals surface area contributed by atoms with Crippen LogP contribution in [0.25, 0.3) is 0 Å². The van der Waals surface area contributed by atoms with Gasteiger partial charge in [0.25, 0.3) is 0 Å². The maximum absolute atomic E-state index is 13.2. The molecule has 5 heteroatoms. The average molecular weight is 251 g/mol. The number of ether oxygens (including phenoxy) is 1. The van der Waals surface area contributed by atoms with Gasteiger partial charge in [-0.1, -0.05) is 12.1 Å². The third-order valence-electron chi connectivity index (χ3n) is 2.39. The number of aliphatic hydroxyl groups excluding tert-OH is 1. The van der Waals surface area contributed by atoms with Crippen molar-refractivity contribution >= 4 is 5.69 Å². The Morgan fingerprint density at radius 2 is 1.78 bits per heavy atom. The Hall–Kier alpha value is -2.14. The van der Waals surface area contributed by atoms with Gasteiger partial charge in [-0.3, -0.25) is 0 Å². The molecule has 0 amide bonds. The quantitative estimate of drug-likeness (QED) is 0.825. The predicted octanol–water partition coefficient (Wildman–Crippen LogP) is 2.83. The molecule has 3 N–H and O–H groups in total. The van der Waals surface area contributed by atoms with E-state index in [0.717, 1.165) is 6.07 Å². The summed E-state index contributed by atoms with van der Waals surface area (Å²) in [5, 5.41) is 8.88. The average Bonchev–Trinajstić information content (AvgIpc) is 2.36. The molecular weight excluding hydrogens is 240 g/mol. The molecule has 18 heavy (non-hydrogen) atoms. The van der Waals surface area contributed by atoms with E-state index >= 15 is 0 Å². The third-order valence-corrected chi connectivity index (χ3v) is 2.39. The number of benzene rings is 2. The van der Waals surface area contributed by atoms with Gasteiger partial charge in [-0.25, -0.2) is 8.78 Å². The van der Waals surface area contributed by atoms with Gasteiger partial charge in [0.1, 0.15) is 17.3 Å². The smallest absolute Gasteiger partial charge is 0.156 e. The van der Waals surface area contributed by atoms with Crippen LogP contribution in [-0.2, 0) is 6.61 Å². The van der Waals surface area contributed by atoms with Crippen LogP contribution in [0.15, 0.2) is 36.4 Å². The molecule has 0 bridgehead atoms. The minimum absolute atomic E-state index is 0.0794. The highest BCUT2D eigenvalue weighted by Crippen LogP contribution is 2.30. The normalized spacial score (nSPS) is 10.4. The van der Waals surface area contributed by atoms with E-state index in [4.69, 9.17) is 15.6 Å². The molecule has 0 spiro atoms. The maximum Gasteiger partial charge on any atom is 0.156 e. The number of nitrogen functional groups attached to an aromatic ring is 1. The van der Waals surface area contributed by atoms with E-state index in [9.17, 15) is 8.78 Å². The van der Waals surface area contributed by atoms with E-state index in [0.29, 0.717) is 17.4 Å². The molecule has 0 heterocycles. The Bertz CT molecular complexity index is 556. The van der Waals surface area contributed by atoms with E-state index in [1.54, 1.807) is 24.3 Å². The first-order chi connectivity index (χ1) is 8.60. The van der Waals surface area contributed by atoms with Gasteiger partial charge in [0, 0.05) is 12.1 Å². The lowest BCUT2D eigenvalue weighted by atomic mass is 10.2. The minimum Gasteiger partial charge on any atom is -0.455 e. The van der Waals surface area contributed by atoms with Crippen LogP contribution < -0.4 is 10.5 Å². The third kappa shape index (κ3) is 2.57. The highest BCUT2D eigenvalue weighted by atomic mass is 19.1. The lowest BCUT2D eigenvalue weighted by Gasteiger charge is -2.09. The molecule has 2 aromatic rings. The number of aliphatic hydroxyl groups is 1. The van der Waals surface area contributed by atoms with Gasteiger partial charge >= 0.3 is 0 Å². The van der Waals surface area contributed by atoms with Gasteiger partial charge in [0.2, 0.25) is 0 Å². The lowest BCUT2D eigenvalue weighted by Crippen LogP contribution is -1.97. The Morgan fingerprint density at radius 1 is 1.11 bits per heavy atom. The summed E-state index contributed by atoms with van der Waals surface area (Å²) in [5.74, 6) is -1.33. The molecule has 0 atom stereocenters. The first-order valence-electron chi connectivity index (χ1n) is 5.22. The van der Waals surface area contributed by atoms with Gasteiger partial charge < -0.3 is 15.6 Å². The standard InChI is InChI=1S/C13H11F2NO2/c14-9-5-11(15)13(16)12(6-9)18-10-3-1-8(7-17)2-4-10/h1-6,17H,7,16H2. The molecular formula is C13H11F2NO2. The summed E-state index contributed by atoms with van der Waals surface area (Å²) in [6.45, 7) is -0.0863. The summed E-state index contributed by atoms with van der Waals surface area (Å²) in [6.07, 6.45) is 0. The number of halogens is 2. The summed E-state index contributed by atoms with van der Waals surface area (Å²) in [4.78, 5) is 0. The Balaban J connectivity index is 2.27. The Kier molecular flexibility index (Phi) is 3.43. The van der Waals surface area contributed by atoms with Crippen molar-refractivity contribution in [3.8, 4) is 11.5 Å². The van der Waals surface area contributed by atoms with Crippen molar-refractivity contribution in [2.45, 2.75) is 6.61 Å². The summed E-state index contributed by atoms with van der Waals surface area (Å²) < 4.78 is 31.5. The fraction of sp³-hybridized carbons (Fsp3) is 0.0769. The topological polar surface area (TPSA) is 55.5 Å². The van der Waals surface area contributed by atoms with Gasteiger partial charge in [0.15, 0.2) is 11.6 Å². The first-order valence-corrected chi connectivity index (χ1v) is 5.22. The molecule has 94 valence electrons. The van der Waals surface area contributed by atoms with Crippen molar-refractivity contribution in [1.82, 2.24) is 0 Å². The number of anilines is 1. The predicted molar refractivity (Wildman–Crippen MR) is 63.2 cm³/mol. The van der Waals surface area contributed by atoms with Crippen molar-refractivity contribution in [3.05, 3.63) is 53.6 Å². The van der Waals surface area contributed by atoms with Crippen LogP contribution >= 0.6 is 0 Å². The molecule has 0 unspecified atom stereocenters. The van der Waals surface area contributed by atoms with Crippen molar-refractivity contribution in [2.75, 3.05) is 5.73 Å². The molecule has 0 aliphatic carbocycles. The zero-order chi connectivity index (χ0) is 13.1. The van der Waals surface area contributed by atoms with Crippen molar-refractivity contribution in [3.63, 3.8) is 0 Å². The molecule has 0 fully saturated rings. The van der Waals surface area contributed by atoms with Crippen LogP contribution in [0.2, 0.25) is 0 Å². The highest BCUT2D eigenvalue weighted by molar-refractivity contribution is 5.55. The van der Waals surface area contributed by atoms with Crippen LogP contribution in [0.5, 0.6) is 11.5 Å². The molecule has 0 saturated heterocycles. The fourth-order valence-electron chi connectivity index (χ4n) is 1.44. The molecule has 0 aliphatic rings. The molecule has 3 nitrogen and oxygen atoms in total. The Morgan fingerprint density at radius 3 is 2.39 bits per heavy atom. The lowest BCUT2D eigenvalue weighted by molar-refractivity contribution is 0.281. The van der Waals surface area contributed by atoms with E-state index in [2.05, 4.69) is 0 Å². The van der Waals surface area contributed by atoms with Crippen LogP contribution in [0, 0.1) is 11.6 Å². The molecule has 0 aromatic heterocycles. The SMILES string of the molecule is Nc1c(F)cc(F)cc1Oc1ccc(CO)cc1. The summed E-state index contributed by atoms with van der Waals surface area (Å²) >= 11 is 0. The number of hydrogen-bond donors (Lipinski definition) is 2. The van der Waals surface area contributed by atoms with Crippen LogP contribution in [0.1, 0.15) is 5.56 Å². The van der Waals surface area contributed by atoms with Gasteiger partial charge in [-0.15, -0.1) is 0 Å².